The van der Waals surface area contributed by atoms with Crippen LogP contribution in [0.4, 0.5) is 0 Å². The van der Waals surface area contributed by atoms with Gasteiger partial charge in [-0.2, -0.15) is 0 Å². The molecule has 0 spiro atoms. The monoisotopic (exact) mass is 285 g/mol. The maximum Gasteiger partial charge on any atom is 0.280 e. The van der Waals surface area contributed by atoms with E-state index in [0.29, 0.717) is 17.1 Å². The Balaban J connectivity index is 1.75. The topological polar surface area (TPSA) is 75.1 Å². The third kappa shape index (κ3) is 2.60. The number of amides is 1. The third-order valence-corrected chi connectivity index (χ3v) is 3.76. The molecular weight excluding hydrogens is 274 g/mol. The lowest BCUT2D eigenvalue weighted by atomic mass is 10.3. The van der Waals surface area contributed by atoms with Crippen molar-refractivity contribution >= 4 is 27.5 Å². The van der Waals surface area contributed by atoms with E-state index in [9.17, 15) is 9.90 Å². The first-order valence-corrected chi connectivity index (χ1v) is 6.81. The Bertz CT molecular complexity index is 755. The summed E-state index contributed by atoms with van der Waals surface area (Å²) in [7, 11) is 0. The molecule has 1 amide bonds. The number of nitrogens with one attached hydrogen (secondary N) is 1. The highest BCUT2D eigenvalue weighted by atomic mass is 32.1. The van der Waals surface area contributed by atoms with Crippen molar-refractivity contribution in [2.75, 3.05) is 0 Å². The Morgan fingerprint density at radius 2 is 2.25 bits per heavy atom. The van der Waals surface area contributed by atoms with Gasteiger partial charge in [0.25, 0.3) is 5.91 Å². The van der Waals surface area contributed by atoms with Gasteiger partial charge in [0.15, 0.2) is 5.01 Å². The summed E-state index contributed by atoms with van der Waals surface area (Å²) < 4.78 is 0.788. The van der Waals surface area contributed by atoms with Gasteiger partial charge in [-0.15, -0.1) is 11.3 Å². The van der Waals surface area contributed by atoms with E-state index in [4.69, 9.17) is 0 Å². The van der Waals surface area contributed by atoms with E-state index in [-0.39, 0.29) is 11.7 Å². The summed E-state index contributed by atoms with van der Waals surface area (Å²) in [6.45, 7) is 0.411. The second-order valence-corrected chi connectivity index (χ2v) is 5.25. The molecule has 0 aliphatic carbocycles. The number of phenolic OH excluding ortho intramolecular Hbond substituents is 1. The SMILES string of the molecule is O=C(NCc1cccnc1)c1nc2ccc(O)cc2s1. The zero-order valence-electron chi connectivity index (χ0n) is 10.4. The van der Waals surface area contributed by atoms with Gasteiger partial charge in [-0.05, 0) is 29.8 Å². The quantitative estimate of drug-likeness (QED) is 0.774. The fraction of sp³-hybridized carbons (Fsp3) is 0.0714. The Morgan fingerprint density at radius 1 is 1.35 bits per heavy atom. The van der Waals surface area contributed by atoms with Crippen LogP contribution in [0.15, 0.2) is 42.7 Å². The van der Waals surface area contributed by atoms with Crippen LogP contribution in [0, 0.1) is 0 Å². The zero-order valence-corrected chi connectivity index (χ0v) is 11.2. The maximum absolute atomic E-state index is 12.0. The normalized spacial score (nSPS) is 10.6. The number of carbonyl (C=O) groups excluding carboxylic acids is 1. The molecule has 0 radical (unpaired) electrons. The first kappa shape index (κ1) is 12.6. The van der Waals surface area contributed by atoms with Crippen LogP contribution in [-0.4, -0.2) is 21.0 Å². The van der Waals surface area contributed by atoms with Crippen molar-refractivity contribution in [1.29, 1.82) is 0 Å². The molecule has 0 atom stereocenters. The fourth-order valence-electron chi connectivity index (χ4n) is 1.77. The van der Waals surface area contributed by atoms with Crippen LogP contribution < -0.4 is 5.32 Å². The summed E-state index contributed by atoms with van der Waals surface area (Å²) in [5, 5.41) is 12.6. The second kappa shape index (κ2) is 5.26. The van der Waals surface area contributed by atoms with E-state index >= 15 is 0 Å². The number of fused-ring (bicyclic) bond motifs is 1. The molecule has 2 N–H and O–H groups in total. The van der Waals surface area contributed by atoms with Gasteiger partial charge in [-0.3, -0.25) is 9.78 Å². The molecule has 0 bridgehead atoms. The minimum absolute atomic E-state index is 0.170. The molecule has 20 heavy (non-hydrogen) atoms. The van der Waals surface area contributed by atoms with Crippen LogP contribution >= 0.6 is 11.3 Å². The van der Waals surface area contributed by atoms with Crippen molar-refractivity contribution in [1.82, 2.24) is 15.3 Å². The smallest absolute Gasteiger partial charge is 0.280 e. The summed E-state index contributed by atoms with van der Waals surface area (Å²) >= 11 is 1.26. The number of aromatic nitrogens is 2. The Morgan fingerprint density at radius 3 is 3.05 bits per heavy atom. The molecule has 100 valence electrons. The first-order valence-electron chi connectivity index (χ1n) is 5.99. The van der Waals surface area contributed by atoms with Gasteiger partial charge in [0.05, 0.1) is 10.2 Å². The zero-order chi connectivity index (χ0) is 13.9. The lowest BCUT2D eigenvalue weighted by molar-refractivity contribution is 0.0950. The molecule has 1 aromatic carbocycles. The van der Waals surface area contributed by atoms with Crippen LogP contribution in [0.25, 0.3) is 10.2 Å². The maximum atomic E-state index is 12.0. The number of phenols is 1. The van der Waals surface area contributed by atoms with Crippen molar-refractivity contribution < 1.29 is 9.90 Å². The summed E-state index contributed by atoms with van der Waals surface area (Å²) in [5.74, 6) is -0.0574. The number of hydrogen-bond donors (Lipinski definition) is 2. The summed E-state index contributed by atoms with van der Waals surface area (Å²) in [6.07, 6.45) is 3.39. The van der Waals surface area contributed by atoms with E-state index in [0.717, 1.165) is 10.3 Å². The highest BCUT2D eigenvalue weighted by Crippen LogP contribution is 2.25. The number of aromatic hydroxyl groups is 1. The Labute approximate surface area is 118 Å². The highest BCUT2D eigenvalue weighted by molar-refractivity contribution is 7.20. The number of carbonyl (C=O) groups is 1. The molecule has 5 nitrogen and oxygen atoms in total. The van der Waals surface area contributed by atoms with Crippen molar-refractivity contribution in [3.8, 4) is 5.75 Å². The predicted molar refractivity (Wildman–Crippen MR) is 76.7 cm³/mol. The highest BCUT2D eigenvalue weighted by Gasteiger charge is 2.12. The lowest BCUT2D eigenvalue weighted by Gasteiger charge is -2.01. The molecule has 3 aromatic rings. The minimum Gasteiger partial charge on any atom is -0.508 e. The second-order valence-electron chi connectivity index (χ2n) is 4.21. The number of benzene rings is 1. The van der Waals surface area contributed by atoms with Crippen molar-refractivity contribution in [3.05, 3.63) is 53.3 Å². The van der Waals surface area contributed by atoms with Crippen LogP contribution in [0.3, 0.4) is 0 Å². The van der Waals surface area contributed by atoms with Gasteiger partial charge < -0.3 is 10.4 Å². The lowest BCUT2D eigenvalue weighted by Crippen LogP contribution is -2.22. The predicted octanol–water partition coefficient (Wildman–Crippen LogP) is 2.33. The molecule has 0 fully saturated rings. The average Bonchev–Trinajstić information content (AvgIpc) is 2.89. The number of hydrogen-bond acceptors (Lipinski definition) is 5. The van der Waals surface area contributed by atoms with Crippen LogP contribution in [-0.2, 0) is 6.54 Å². The third-order valence-electron chi connectivity index (χ3n) is 2.74. The fourth-order valence-corrected chi connectivity index (χ4v) is 2.69. The van der Waals surface area contributed by atoms with Gasteiger partial charge in [-0.1, -0.05) is 6.07 Å². The van der Waals surface area contributed by atoms with Crippen LogP contribution in [0.1, 0.15) is 15.4 Å². The molecule has 0 aliphatic heterocycles. The van der Waals surface area contributed by atoms with Gasteiger partial charge >= 0.3 is 0 Å². The summed E-state index contributed by atoms with van der Waals surface area (Å²) in [5.41, 5.74) is 1.64. The van der Waals surface area contributed by atoms with Crippen molar-refractivity contribution in [2.24, 2.45) is 0 Å². The molecule has 0 aliphatic rings. The number of nitrogens with zero attached hydrogens (tertiary/aromatic N) is 2. The van der Waals surface area contributed by atoms with Crippen LogP contribution in [0.2, 0.25) is 0 Å². The number of thiazole rings is 1. The molecule has 0 unspecified atom stereocenters. The average molecular weight is 285 g/mol. The van der Waals surface area contributed by atoms with E-state index in [1.807, 2.05) is 12.1 Å². The first-order chi connectivity index (χ1) is 9.72. The van der Waals surface area contributed by atoms with Crippen LogP contribution in [0.5, 0.6) is 5.75 Å². The summed E-state index contributed by atoms with van der Waals surface area (Å²) in [6, 6.07) is 8.56. The van der Waals surface area contributed by atoms with E-state index < -0.39 is 0 Å². The van der Waals surface area contributed by atoms with Crippen molar-refractivity contribution in [3.63, 3.8) is 0 Å². The van der Waals surface area contributed by atoms with Gasteiger partial charge in [0, 0.05) is 18.9 Å². The van der Waals surface area contributed by atoms with E-state index in [1.54, 1.807) is 30.6 Å². The molecular formula is C14H11N3O2S. The Hall–Kier alpha value is -2.47. The molecule has 2 aromatic heterocycles. The molecule has 6 heteroatoms. The largest absolute Gasteiger partial charge is 0.508 e. The van der Waals surface area contributed by atoms with Gasteiger partial charge in [0.1, 0.15) is 5.75 Å². The van der Waals surface area contributed by atoms with Crippen molar-refractivity contribution in [2.45, 2.75) is 6.54 Å². The molecule has 3 rings (SSSR count). The number of pyridine rings is 1. The van der Waals surface area contributed by atoms with E-state index in [2.05, 4.69) is 15.3 Å². The Kier molecular flexibility index (Phi) is 3.30. The van der Waals surface area contributed by atoms with Gasteiger partial charge in [0.2, 0.25) is 0 Å². The van der Waals surface area contributed by atoms with E-state index in [1.165, 1.54) is 11.3 Å². The standard InChI is InChI=1S/C14H11N3O2S/c18-10-3-4-11-12(6-10)20-14(17-11)13(19)16-8-9-2-1-5-15-7-9/h1-7,18H,8H2,(H,16,19). The summed E-state index contributed by atoms with van der Waals surface area (Å²) in [4.78, 5) is 20.3. The molecule has 0 saturated heterocycles. The minimum atomic E-state index is -0.227. The number of rotatable bonds is 3. The molecule has 0 saturated carbocycles. The van der Waals surface area contributed by atoms with Gasteiger partial charge in [-0.25, -0.2) is 4.98 Å². The molecule has 2 heterocycles.